The van der Waals surface area contributed by atoms with E-state index in [0.29, 0.717) is 6.29 Å². The van der Waals surface area contributed by atoms with E-state index >= 15 is 0 Å². The zero-order valence-corrected chi connectivity index (χ0v) is 8.32. The van der Waals surface area contributed by atoms with Gasteiger partial charge in [-0.15, -0.1) is 11.6 Å². The van der Waals surface area contributed by atoms with Crippen molar-refractivity contribution in [2.24, 2.45) is 0 Å². The fourth-order valence-electron chi connectivity index (χ4n) is 1.01. The van der Waals surface area contributed by atoms with Crippen LogP contribution in [0.3, 0.4) is 0 Å². The van der Waals surface area contributed by atoms with E-state index in [1.54, 1.807) is 0 Å². The van der Waals surface area contributed by atoms with Gasteiger partial charge >= 0.3 is 0 Å². The number of pyridine rings is 1. The summed E-state index contributed by atoms with van der Waals surface area (Å²) in [7, 11) is 0. The fraction of sp³-hybridized carbons (Fsp3) is 0.250. The molecule has 14 heavy (non-hydrogen) atoms. The molecule has 0 saturated heterocycles. The highest BCUT2D eigenvalue weighted by molar-refractivity contribution is 6.29. The van der Waals surface area contributed by atoms with Gasteiger partial charge in [-0.05, 0) is 6.07 Å². The predicted molar refractivity (Wildman–Crippen MR) is 49.1 cm³/mol. The van der Waals surface area contributed by atoms with Crippen LogP contribution in [0.4, 0.5) is 8.78 Å². The Balaban J connectivity index is 3.39. The van der Waals surface area contributed by atoms with Crippen molar-refractivity contribution in [3.63, 3.8) is 0 Å². The van der Waals surface area contributed by atoms with Crippen LogP contribution in [0.1, 0.15) is 28.0 Å². The average Bonchev–Trinajstić information content (AvgIpc) is 2.16. The molecule has 0 aromatic carbocycles. The van der Waals surface area contributed by atoms with Gasteiger partial charge in [0.2, 0.25) is 0 Å². The number of rotatable bonds is 3. The van der Waals surface area contributed by atoms with E-state index in [1.807, 2.05) is 0 Å². The summed E-state index contributed by atoms with van der Waals surface area (Å²) >= 11 is 10.9. The van der Waals surface area contributed by atoms with Gasteiger partial charge in [-0.3, -0.25) is 4.79 Å². The summed E-state index contributed by atoms with van der Waals surface area (Å²) in [5.74, 6) is -0.197. The Bertz CT molecular complexity index is 357. The highest BCUT2D eigenvalue weighted by Gasteiger charge is 2.18. The molecule has 1 heterocycles. The molecule has 2 nitrogen and oxygen atoms in total. The van der Waals surface area contributed by atoms with Gasteiger partial charge in [0.15, 0.2) is 6.29 Å². The number of aldehydes is 1. The van der Waals surface area contributed by atoms with E-state index in [2.05, 4.69) is 4.98 Å². The number of carbonyl (C=O) groups excluding carboxylic acids is 1. The predicted octanol–water partition coefficient (Wildman–Crippen LogP) is 3.22. The summed E-state index contributed by atoms with van der Waals surface area (Å²) in [6.45, 7) is 0. The summed E-state index contributed by atoms with van der Waals surface area (Å²) in [6, 6.07) is 1.21. The SMILES string of the molecule is O=Cc1cc(Cl)nc(C(F)F)c1CCl. The van der Waals surface area contributed by atoms with Crippen LogP contribution in [0.5, 0.6) is 0 Å². The lowest BCUT2D eigenvalue weighted by Crippen LogP contribution is -2.02. The van der Waals surface area contributed by atoms with Crippen LogP contribution in [-0.2, 0) is 5.88 Å². The van der Waals surface area contributed by atoms with Crippen molar-refractivity contribution in [2.45, 2.75) is 12.3 Å². The first kappa shape index (κ1) is 11.3. The first-order chi connectivity index (χ1) is 6.60. The van der Waals surface area contributed by atoms with Crippen molar-refractivity contribution in [3.05, 3.63) is 28.0 Å². The van der Waals surface area contributed by atoms with E-state index in [4.69, 9.17) is 23.2 Å². The molecule has 0 amide bonds. The van der Waals surface area contributed by atoms with E-state index < -0.39 is 12.1 Å². The first-order valence-electron chi connectivity index (χ1n) is 3.58. The Hall–Kier alpha value is -0.740. The number of alkyl halides is 3. The molecule has 0 aliphatic heterocycles. The van der Waals surface area contributed by atoms with E-state index in [9.17, 15) is 13.6 Å². The highest BCUT2D eigenvalue weighted by Crippen LogP contribution is 2.26. The Morgan fingerprint density at radius 2 is 2.21 bits per heavy atom. The minimum absolute atomic E-state index is 0.0288. The molecule has 0 bridgehead atoms. The summed E-state index contributed by atoms with van der Waals surface area (Å²) < 4.78 is 24.8. The third-order valence-electron chi connectivity index (χ3n) is 1.63. The van der Waals surface area contributed by atoms with Crippen molar-refractivity contribution in [2.75, 3.05) is 0 Å². The topological polar surface area (TPSA) is 30.0 Å². The normalized spacial score (nSPS) is 10.6. The standard InChI is InChI=1S/C8H5Cl2F2NO/c9-2-5-4(3-14)1-6(10)13-7(5)8(11)12/h1,3,8H,2H2. The second-order valence-corrected chi connectivity index (χ2v) is 3.10. The largest absolute Gasteiger partial charge is 0.298 e. The molecule has 0 saturated carbocycles. The van der Waals surface area contributed by atoms with Gasteiger partial charge in [-0.2, -0.15) is 0 Å². The van der Waals surface area contributed by atoms with Gasteiger partial charge in [-0.25, -0.2) is 13.8 Å². The smallest absolute Gasteiger partial charge is 0.280 e. The molecule has 0 aliphatic rings. The molecular formula is C8H5Cl2F2NO. The summed E-state index contributed by atoms with van der Waals surface area (Å²) in [6.07, 6.45) is -2.36. The maximum atomic E-state index is 12.4. The van der Waals surface area contributed by atoms with Crippen molar-refractivity contribution in [1.29, 1.82) is 0 Å². The number of halogens is 4. The summed E-state index contributed by atoms with van der Waals surface area (Å²) in [5, 5.41) is -0.142. The van der Waals surface area contributed by atoms with Crippen LogP contribution in [0, 0.1) is 0 Å². The van der Waals surface area contributed by atoms with Crippen molar-refractivity contribution < 1.29 is 13.6 Å². The Morgan fingerprint density at radius 1 is 1.57 bits per heavy atom. The average molecular weight is 240 g/mol. The Kier molecular flexibility index (Phi) is 3.77. The zero-order valence-electron chi connectivity index (χ0n) is 6.81. The van der Waals surface area contributed by atoms with Crippen molar-refractivity contribution in [1.82, 2.24) is 4.98 Å². The molecule has 0 radical (unpaired) electrons. The molecule has 0 aliphatic carbocycles. The molecule has 76 valence electrons. The maximum Gasteiger partial charge on any atom is 0.280 e. The van der Waals surface area contributed by atoms with Crippen LogP contribution in [0.15, 0.2) is 6.07 Å². The van der Waals surface area contributed by atoms with Gasteiger partial charge in [0.1, 0.15) is 10.8 Å². The first-order valence-corrected chi connectivity index (χ1v) is 4.50. The van der Waals surface area contributed by atoms with Crippen molar-refractivity contribution >= 4 is 29.5 Å². The minimum atomic E-state index is -2.79. The van der Waals surface area contributed by atoms with Crippen LogP contribution in [0.2, 0.25) is 5.15 Å². The molecule has 6 heteroatoms. The molecular weight excluding hydrogens is 235 g/mol. The van der Waals surface area contributed by atoms with Crippen LogP contribution < -0.4 is 0 Å². The van der Waals surface area contributed by atoms with Crippen LogP contribution in [-0.4, -0.2) is 11.3 Å². The second-order valence-electron chi connectivity index (χ2n) is 2.45. The van der Waals surface area contributed by atoms with Gasteiger partial charge in [0.25, 0.3) is 6.43 Å². The Morgan fingerprint density at radius 3 is 2.64 bits per heavy atom. The van der Waals surface area contributed by atoms with Gasteiger partial charge in [0, 0.05) is 11.1 Å². The number of hydrogen-bond acceptors (Lipinski definition) is 2. The Labute approximate surface area is 88.8 Å². The number of nitrogens with zero attached hydrogens (tertiary/aromatic N) is 1. The van der Waals surface area contributed by atoms with Crippen LogP contribution in [0.25, 0.3) is 0 Å². The number of aromatic nitrogens is 1. The molecule has 1 aromatic heterocycles. The molecule has 0 N–H and O–H groups in total. The van der Waals surface area contributed by atoms with E-state index in [-0.39, 0.29) is 22.2 Å². The summed E-state index contributed by atoms with van der Waals surface area (Å²) in [4.78, 5) is 13.9. The lowest BCUT2D eigenvalue weighted by molar-refractivity contribution is 0.112. The van der Waals surface area contributed by atoms with Crippen molar-refractivity contribution in [3.8, 4) is 0 Å². The maximum absolute atomic E-state index is 12.4. The molecule has 1 aromatic rings. The number of hydrogen-bond donors (Lipinski definition) is 0. The summed E-state index contributed by atoms with van der Waals surface area (Å²) in [5.41, 5.74) is -0.453. The van der Waals surface area contributed by atoms with Crippen LogP contribution >= 0.6 is 23.2 Å². The van der Waals surface area contributed by atoms with Gasteiger partial charge in [-0.1, -0.05) is 11.6 Å². The third kappa shape index (κ3) is 2.19. The second kappa shape index (κ2) is 4.66. The van der Waals surface area contributed by atoms with Gasteiger partial charge < -0.3 is 0 Å². The molecule has 0 fully saturated rings. The molecule has 0 atom stereocenters. The van der Waals surface area contributed by atoms with Gasteiger partial charge in [0.05, 0.1) is 5.88 Å². The molecule has 1 rings (SSSR count). The highest BCUT2D eigenvalue weighted by atomic mass is 35.5. The quantitative estimate of drug-likeness (QED) is 0.461. The van der Waals surface area contributed by atoms with E-state index in [0.717, 1.165) is 0 Å². The fourth-order valence-corrected chi connectivity index (χ4v) is 1.51. The zero-order chi connectivity index (χ0) is 10.7. The third-order valence-corrected chi connectivity index (χ3v) is 2.09. The van der Waals surface area contributed by atoms with E-state index in [1.165, 1.54) is 6.07 Å². The molecule has 0 unspecified atom stereocenters. The lowest BCUT2D eigenvalue weighted by atomic mass is 10.1. The monoisotopic (exact) mass is 239 g/mol. The molecule has 0 spiro atoms. The minimum Gasteiger partial charge on any atom is -0.298 e. The number of carbonyl (C=O) groups is 1. The lowest BCUT2D eigenvalue weighted by Gasteiger charge is -2.07.